The zero-order valence-electron chi connectivity index (χ0n) is 15.8. The lowest BCUT2D eigenvalue weighted by molar-refractivity contribution is 0.0992. The lowest BCUT2D eigenvalue weighted by Gasteiger charge is -2.08. The molecule has 3 aromatic rings. The largest absolute Gasteiger partial charge is 0.486 e. The molecule has 142 valence electrons. The number of amides is 1. The van der Waals surface area contributed by atoms with Gasteiger partial charge >= 0.3 is 0 Å². The molecule has 3 rings (SSSR count). The first-order valence-corrected chi connectivity index (χ1v) is 8.76. The molecule has 0 aliphatic heterocycles. The number of nitrogens with one attached hydrogen (secondary N) is 1. The molecule has 0 unspecified atom stereocenters. The molecule has 1 amide bonds. The number of benzene rings is 1. The highest BCUT2D eigenvalue weighted by molar-refractivity contribution is 6.02. The van der Waals surface area contributed by atoms with Crippen molar-refractivity contribution in [3.63, 3.8) is 0 Å². The minimum absolute atomic E-state index is 0.235. The van der Waals surface area contributed by atoms with Crippen molar-refractivity contribution < 1.29 is 13.9 Å². The molecule has 0 aliphatic rings. The van der Waals surface area contributed by atoms with Gasteiger partial charge in [0.2, 0.25) is 0 Å². The molecule has 0 saturated carbocycles. The summed E-state index contributed by atoms with van der Waals surface area (Å²) in [6.45, 7) is 3.89. The summed E-state index contributed by atoms with van der Waals surface area (Å²) in [5, 5.41) is 7.03. The van der Waals surface area contributed by atoms with Gasteiger partial charge in [-0.3, -0.25) is 9.48 Å². The summed E-state index contributed by atoms with van der Waals surface area (Å²) in [4.78, 5) is 14.4. The van der Waals surface area contributed by atoms with E-state index in [0.717, 1.165) is 24.4 Å². The second kappa shape index (κ2) is 8.55. The summed E-state index contributed by atoms with van der Waals surface area (Å²) in [7, 11) is 4.01. The van der Waals surface area contributed by atoms with Gasteiger partial charge in [-0.25, -0.2) is 0 Å². The van der Waals surface area contributed by atoms with Crippen LogP contribution in [-0.4, -0.2) is 41.2 Å². The van der Waals surface area contributed by atoms with E-state index in [0.29, 0.717) is 11.4 Å². The van der Waals surface area contributed by atoms with Gasteiger partial charge < -0.3 is 19.4 Å². The van der Waals surface area contributed by atoms with E-state index in [-0.39, 0.29) is 18.3 Å². The third-order valence-corrected chi connectivity index (χ3v) is 3.92. The SMILES string of the molecule is Cc1cccc(OCc2ccc(C(=O)Nc3cnn(CCN(C)C)c3)o2)c1. The van der Waals surface area contributed by atoms with Crippen LogP contribution in [-0.2, 0) is 13.2 Å². The van der Waals surface area contributed by atoms with Crippen LogP contribution >= 0.6 is 0 Å². The summed E-state index contributed by atoms with van der Waals surface area (Å²) >= 11 is 0. The first-order chi connectivity index (χ1) is 13.0. The maximum Gasteiger partial charge on any atom is 0.291 e. The van der Waals surface area contributed by atoms with Crippen LogP contribution in [0.3, 0.4) is 0 Å². The molecule has 7 heteroatoms. The summed E-state index contributed by atoms with van der Waals surface area (Å²) in [5.74, 6) is 1.27. The Hall–Kier alpha value is -3.06. The predicted molar refractivity (Wildman–Crippen MR) is 103 cm³/mol. The average Bonchev–Trinajstić information content (AvgIpc) is 3.27. The van der Waals surface area contributed by atoms with Crippen LogP contribution in [0.15, 0.2) is 53.2 Å². The fourth-order valence-corrected chi connectivity index (χ4v) is 2.48. The van der Waals surface area contributed by atoms with E-state index in [9.17, 15) is 4.79 Å². The molecule has 0 aliphatic carbocycles. The van der Waals surface area contributed by atoms with Crippen LogP contribution in [0, 0.1) is 6.92 Å². The molecule has 2 heterocycles. The number of aryl methyl sites for hydroxylation is 1. The topological polar surface area (TPSA) is 72.5 Å². The molecular weight excluding hydrogens is 344 g/mol. The van der Waals surface area contributed by atoms with Crippen LogP contribution in [0.4, 0.5) is 5.69 Å². The van der Waals surface area contributed by atoms with Gasteiger partial charge in [-0.2, -0.15) is 5.10 Å². The molecule has 0 fully saturated rings. The number of hydrogen-bond acceptors (Lipinski definition) is 5. The Bertz CT molecular complexity index is 898. The number of carbonyl (C=O) groups is 1. The van der Waals surface area contributed by atoms with Crippen LogP contribution in [0.5, 0.6) is 5.75 Å². The molecule has 0 bridgehead atoms. The van der Waals surface area contributed by atoms with Crippen LogP contribution in [0.2, 0.25) is 0 Å². The highest BCUT2D eigenvalue weighted by Gasteiger charge is 2.13. The van der Waals surface area contributed by atoms with Crippen LogP contribution in [0.1, 0.15) is 21.9 Å². The Morgan fingerprint density at radius 1 is 1.30 bits per heavy atom. The number of carbonyl (C=O) groups excluding carboxylic acids is 1. The van der Waals surface area contributed by atoms with Gasteiger partial charge in [-0.05, 0) is 50.8 Å². The molecule has 1 N–H and O–H groups in total. The first kappa shape index (κ1) is 18.7. The summed E-state index contributed by atoms with van der Waals surface area (Å²) in [5.41, 5.74) is 1.76. The maximum absolute atomic E-state index is 12.3. The van der Waals surface area contributed by atoms with Gasteiger partial charge in [-0.1, -0.05) is 12.1 Å². The van der Waals surface area contributed by atoms with Gasteiger partial charge in [0.15, 0.2) is 5.76 Å². The Morgan fingerprint density at radius 2 is 2.15 bits per heavy atom. The number of anilines is 1. The Balaban J connectivity index is 1.53. The lowest BCUT2D eigenvalue weighted by Crippen LogP contribution is -2.18. The van der Waals surface area contributed by atoms with Crippen LogP contribution < -0.4 is 10.1 Å². The fraction of sp³-hybridized carbons (Fsp3) is 0.300. The molecule has 27 heavy (non-hydrogen) atoms. The number of furan rings is 1. The third-order valence-electron chi connectivity index (χ3n) is 3.92. The summed E-state index contributed by atoms with van der Waals surface area (Å²) < 4.78 is 13.1. The van der Waals surface area contributed by atoms with Crippen molar-refractivity contribution in [2.75, 3.05) is 26.0 Å². The van der Waals surface area contributed by atoms with E-state index in [1.54, 1.807) is 29.2 Å². The van der Waals surface area contributed by atoms with Gasteiger partial charge in [0.25, 0.3) is 5.91 Å². The standard InChI is InChI=1S/C20H24N4O3/c1-15-5-4-6-17(11-15)26-14-18-7-8-19(27-18)20(25)22-16-12-21-24(13-16)10-9-23(2)3/h4-8,11-13H,9-10,14H2,1-3H3,(H,22,25). The Labute approximate surface area is 158 Å². The number of rotatable bonds is 8. The third kappa shape index (κ3) is 5.46. The van der Waals surface area contributed by atoms with E-state index in [4.69, 9.17) is 9.15 Å². The first-order valence-electron chi connectivity index (χ1n) is 8.76. The van der Waals surface area contributed by atoms with Crippen molar-refractivity contribution in [3.05, 3.63) is 65.9 Å². The number of ether oxygens (including phenoxy) is 1. The molecule has 0 radical (unpaired) electrons. The highest BCUT2D eigenvalue weighted by Crippen LogP contribution is 2.17. The van der Waals surface area contributed by atoms with Crippen molar-refractivity contribution in [2.45, 2.75) is 20.1 Å². The van der Waals surface area contributed by atoms with Crippen molar-refractivity contribution >= 4 is 11.6 Å². The zero-order valence-corrected chi connectivity index (χ0v) is 15.8. The number of aromatic nitrogens is 2. The van der Waals surface area contributed by atoms with E-state index < -0.39 is 0 Å². The van der Waals surface area contributed by atoms with E-state index >= 15 is 0 Å². The highest BCUT2D eigenvalue weighted by atomic mass is 16.5. The van der Waals surface area contributed by atoms with E-state index in [1.165, 1.54) is 0 Å². The molecule has 0 saturated heterocycles. The average molecular weight is 368 g/mol. The Morgan fingerprint density at radius 3 is 2.93 bits per heavy atom. The van der Waals surface area contributed by atoms with E-state index in [2.05, 4.69) is 15.3 Å². The van der Waals surface area contributed by atoms with Crippen molar-refractivity contribution in [1.29, 1.82) is 0 Å². The van der Waals surface area contributed by atoms with Gasteiger partial charge in [0.1, 0.15) is 18.1 Å². The maximum atomic E-state index is 12.3. The second-order valence-electron chi connectivity index (χ2n) is 6.62. The predicted octanol–water partition coefficient (Wildman–Crippen LogP) is 3.18. The zero-order chi connectivity index (χ0) is 19.2. The fourth-order valence-electron chi connectivity index (χ4n) is 2.48. The van der Waals surface area contributed by atoms with Crippen molar-refractivity contribution in [3.8, 4) is 5.75 Å². The van der Waals surface area contributed by atoms with E-state index in [1.807, 2.05) is 45.3 Å². The summed E-state index contributed by atoms with van der Waals surface area (Å²) in [6.07, 6.45) is 3.42. The monoisotopic (exact) mass is 368 g/mol. The molecule has 0 spiro atoms. The Kier molecular flexibility index (Phi) is 5.93. The van der Waals surface area contributed by atoms with Crippen molar-refractivity contribution in [1.82, 2.24) is 14.7 Å². The van der Waals surface area contributed by atoms with Gasteiger partial charge in [-0.15, -0.1) is 0 Å². The minimum Gasteiger partial charge on any atom is -0.486 e. The minimum atomic E-state index is -0.316. The molecule has 1 aromatic carbocycles. The van der Waals surface area contributed by atoms with Crippen molar-refractivity contribution in [2.24, 2.45) is 0 Å². The number of nitrogens with zero attached hydrogens (tertiary/aromatic N) is 3. The normalized spacial score (nSPS) is 11.0. The smallest absolute Gasteiger partial charge is 0.291 e. The van der Waals surface area contributed by atoms with Gasteiger partial charge in [0.05, 0.1) is 18.4 Å². The summed E-state index contributed by atoms with van der Waals surface area (Å²) in [6, 6.07) is 11.2. The lowest BCUT2D eigenvalue weighted by atomic mass is 10.2. The molecular formula is C20H24N4O3. The number of hydrogen-bond donors (Lipinski definition) is 1. The quantitative estimate of drug-likeness (QED) is 0.661. The number of likely N-dealkylation sites (N-methyl/N-ethyl adjacent to an activating group) is 1. The van der Waals surface area contributed by atoms with Gasteiger partial charge in [0, 0.05) is 12.7 Å². The second-order valence-corrected chi connectivity index (χ2v) is 6.62. The molecule has 2 aromatic heterocycles. The molecule has 0 atom stereocenters. The molecule has 7 nitrogen and oxygen atoms in total. The van der Waals surface area contributed by atoms with Crippen LogP contribution in [0.25, 0.3) is 0 Å².